The van der Waals surface area contributed by atoms with Crippen molar-refractivity contribution in [3.8, 4) is 0 Å². The molecular formula is C26H19N3OS. The van der Waals surface area contributed by atoms with Crippen molar-refractivity contribution in [2.45, 2.75) is 11.4 Å². The summed E-state index contributed by atoms with van der Waals surface area (Å²) in [6, 6.07) is 32.6. The van der Waals surface area contributed by atoms with Crippen LogP contribution in [-0.2, 0) is 16.2 Å². The molecule has 0 fully saturated rings. The van der Waals surface area contributed by atoms with E-state index in [0.29, 0.717) is 6.54 Å². The average Bonchev–Trinajstić information content (AvgIpc) is 3.37. The first kappa shape index (κ1) is 18.2. The van der Waals surface area contributed by atoms with E-state index in [-0.39, 0.29) is 5.91 Å². The second-order valence-electron chi connectivity index (χ2n) is 7.72. The molecule has 6 rings (SSSR count). The molecular weight excluding hydrogens is 402 g/mol. The summed E-state index contributed by atoms with van der Waals surface area (Å²) in [7, 11) is 0. The maximum absolute atomic E-state index is 13.9. The maximum Gasteiger partial charge on any atom is 0.270 e. The number of carbonyl (C=O) groups is 1. The van der Waals surface area contributed by atoms with Crippen molar-refractivity contribution in [1.82, 2.24) is 5.43 Å². The van der Waals surface area contributed by atoms with Crippen LogP contribution in [-0.4, -0.2) is 11.0 Å². The number of benzene rings is 4. The fourth-order valence-corrected chi connectivity index (χ4v) is 5.62. The van der Waals surface area contributed by atoms with E-state index in [0.717, 1.165) is 27.4 Å². The van der Waals surface area contributed by atoms with E-state index >= 15 is 0 Å². The summed E-state index contributed by atoms with van der Waals surface area (Å²) in [4.78, 5) is 14.8. The Morgan fingerprint density at radius 3 is 2.48 bits per heavy atom. The van der Waals surface area contributed by atoms with Gasteiger partial charge >= 0.3 is 0 Å². The first-order valence-corrected chi connectivity index (χ1v) is 11.1. The number of nitrogens with one attached hydrogen (secondary N) is 1. The number of thioether (sulfide) groups is 1. The van der Waals surface area contributed by atoms with E-state index in [9.17, 15) is 4.79 Å². The number of fused-ring (bicyclic) bond motifs is 3. The third kappa shape index (κ3) is 2.77. The predicted octanol–water partition coefficient (Wildman–Crippen LogP) is 5.24. The van der Waals surface area contributed by atoms with Crippen LogP contribution < -0.4 is 10.3 Å². The van der Waals surface area contributed by atoms with Gasteiger partial charge in [0, 0.05) is 11.1 Å². The van der Waals surface area contributed by atoms with E-state index in [2.05, 4.69) is 40.9 Å². The molecule has 1 atom stereocenters. The van der Waals surface area contributed by atoms with Gasteiger partial charge < -0.3 is 4.90 Å². The summed E-state index contributed by atoms with van der Waals surface area (Å²) >= 11 is 1.49. The van der Waals surface area contributed by atoms with Crippen LogP contribution in [0.3, 0.4) is 0 Å². The van der Waals surface area contributed by atoms with Gasteiger partial charge in [-0.3, -0.25) is 10.2 Å². The van der Waals surface area contributed by atoms with Gasteiger partial charge in [-0.1, -0.05) is 103 Å². The molecule has 0 aliphatic carbocycles. The van der Waals surface area contributed by atoms with E-state index in [1.54, 1.807) is 0 Å². The molecule has 0 bridgehead atoms. The number of rotatable bonds is 3. The molecule has 2 aliphatic rings. The minimum Gasteiger partial charge on any atom is -0.304 e. The summed E-state index contributed by atoms with van der Waals surface area (Å²) in [6.07, 6.45) is 0. The number of carbonyl (C=O) groups excluding carboxylic acids is 1. The Labute approximate surface area is 184 Å². The van der Waals surface area contributed by atoms with Crippen LogP contribution in [0.15, 0.2) is 102 Å². The zero-order valence-electron chi connectivity index (χ0n) is 16.7. The summed E-state index contributed by atoms with van der Waals surface area (Å²) in [5, 5.41) is 7.74. The Kier molecular flexibility index (Phi) is 4.11. The number of hydrazone groups is 1. The molecule has 0 aromatic heterocycles. The van der Waals surface area contributed by atoms with Crippen LogP contribution in [0.4, 0.5) is 5.69 Å². The Balaban J connectivity index is 1.40. The Morgan fingerprint density at radius 1 is 0.839 bits per heavy atom. The minimum atomic E-state index is -0.924. The first-order chi connectivity index (χ1) is 15.3. The van der Waals surface area contributed by atoms with Crippen molar-refractivity contribution >= 4 is 39.2 Å². The van der Waals surface area contributed by atoms with Gasteiger partial charge in [0.2, 0.25) is 4.87 Å². The van der Waals surface area contributed by atoms with Crippen LogP contribution in [0.5, 0.6) is 0 Å². The molecule has 0 unspecified atom stereocenters. The molecule has 5 heteroatoms. The summed E-state index contributed by atoms with van der Waals surface area (Å²) in [5.74, 6) is 0.0151. The van der Waals surface area contributed by atoms with Crippen molar-refractivity contribution in [1.29, 1.82) is 0 Å². The highest BCUT2D eigenvalue weighted by molar-refractivity contribution is 8.16. The van der Waals surface area contributed by atoms with Crippen LogP contribution in [0.1, 0.15) is 16.7 Å². The SMILES string of the molecule is O=C1N(Cc2cccc3ccccc23)c2ccccc2[C@]12NN=C(c1ccccc1)S2. The molecule has 1 spiro atoms. The molecule has 4 aromatic rings. The monoisotopic (exact) mass is 421 g/mol. The number of anilines is 1. The van der Waals surface area contributed by atoms with Gasteiger partial charge in [-0.05, 0) is 22.4 Å². The average molecular weight is 422 g/mol. The molecule has 0 radical (unpaired) electrons. The molecule has 4 nitrogen and oxygen atoms in total. The fourth-order valence-electron chi connectivity index (χ4n) is 4.41. The number of nitrogens with zero attached hydrogens (tertiary/aromatic N) is 2. The second-order valence-corrected chi connectivity index (χ2v) is 8.93. The summed E-state index contributed by atoms with van der Waals surface area (Å²) < 4.78 is 0. The lowest BCUT2D eigenvalue weighted by atomic mass is 10.0. The van der Waals surface area contributed by atoms with E-state index in [4.69, 9.17) is 0 Å². The lowest BCUT2D eigenvalue weighted by molar-refractivity contribution is -0.121. The van der Waals surface area contributed by atoms with E-state index < -0.39 is 4.87 Å². The van der Waals surface area contributed by atoms with Gasteiger partial charge in [0.1, 0.15) is 5.04 Å². The number of hydrogen-bond acceptors (Lipinski definition) is 4. The van der Waals surface area contributed by atoms with Gasteiger partial charge in [0.15, 0.2) is 0 Å². The largest absolute Gasteiger partial charge is 0.304 e. The molecule has 0 saturated carbocycles. The molecule has 0 saturated heterocycles. The topological polar surface area (TPSA) is 44.7 Å². The zero-order valence-corrected chi connectivity index (χ0v) is 17.5. The fraction of sp³-hybridized carbons (Fsp3) is 0.0769. The third-order valence-electron chi connectivity index (χ3n) is 5.91. The van der Waals surface area contributed by atoms with Crippen LogP contribution >= 0.6 is 11.8 Å². The van der Waals surface area contributed by atoms with E-state index in [1.165, 1.54) is 22.5 Å². The second kappa shape index (κ2) is 7.00. The standard InChI is InChI=1S/C26H19N3OS/c30-25-26(28-27-24(31-26)19-10-2-1-3-11-19)22-15-6-7-16-23(22)29(25)17-20-13-8-12-18-9-4-5-14-21(18)20/h1-16,28H,17H2/t26-/m1/s1. The van der Waals surface area contributed by atoms with Gasteiger partial charge in [0.05, 0.1) is 12.2 Å². The highest BCUT2D eigenvalue weighted by atomic mass is 32.2. The molecule has 4 aromatic carbocycles. The Bertz CT molecular complexity index is 1350. The Morgan fingerprint density at radius 2 is 1.58 bits per heavy atom. The maximum atomic E-state index is 13.9. The molecule has 1 amide bonds. The third-order valence-corrected chi connectivity index (χ3v) is 7.23. The number of amides is 1. The van der Waals surface area contributed by atoms with Crippen LogP contribution in [0.25, 0.3) is 10.8 Å². The van der Waals surface area contributed by atoms with Crippen LogP contribution in [0, 0.1) is 0 Å². The predicted molar refractivity (Wildman–Crippen MR) is 127 cm³/mol. The summed E-state index contributed by atoms with van der Waals surface area (Å²) in [6.45, 7) is 0.516. The molecule has 2 aliphatic heterocycles. The lowest BCUT2D eigenvalue weighted by Crippen LogP contribution is -2.44. The van der Waals surface area contributed by atoms with Gasteiger partial charge in [-0.25, -0.2) is 0 Å². The Hall–Kier alpha value is -3.57. The normalized spacial score (nSPS) is 19.5. The smallest absolute Gasteiger partial charge is 0.270 e. The highest BCUT2D eigenvalue weighted by Crippen LogP contribution is 2.51. The van der Waals surface area contributed by atoms with Gasteiger partial charge in [-0.2, -0.15) is 5.10 Å². The number of hydrogen-bond donors (Lipinski definition) is 1. The lowest BCUT2D eigenvalue weighted by Gasteiger charge is -2.23. The highest BCUT2D eigenvalue weighted by Gasteiger charge is 2.55. The summed E-state index contributed by atoms with van der Waals surface area (Å²) in [5.41, 5.74) is 7.23. The first-order valence-electron chi connectivity index (χ1n) is 10.2. The van der Waals surface area contributed by atoms with Crippen molar-refractivity contribution in [2.75, 3.05) is 4.90 Å². The molecule has 31 heavy (non-hydrogen) atoms. The zero-order chi connectivity index (χ0) is 20.8. The van der Waals surface area contributed by atoms with E-state index in [1.807, 2.05) is 71.6 Å². The van der Waals surface area contributed by atoms with Gasteiger partial charge in [0.25, 0.3) is 5.91 Å². The molecule has 1 N–H and O–H groups in total. The van der Waals surface area contributed by atoms with Crippen molar-refractivity contribution in [3.05, 3.63) is 114 Å². The molecule has 2 heterocycles. The van der Waals surface area contributed by atoms with Crippen molar-refractivity contribution < 1.29 is 4.79 Å². The van der Waals surface area contributed by atoms with Gasteiger partial charge in [-0.15, -0.1) is 0 Å². The molecule has 150 valence electrons. The number of para-hydroxylation sites is 1. The van der Waals surface area contributed by atoms with Crippen molar-refractivity contribution in [3.63, 3.8) is 0 Å². The van der Waals surface area contributed by atoms with Crippen LogP contribution in [0.2, 0.25) is 0 Å². The minimum absolute atomic E-state index is 0.0151. The quantitative estimate of drug-likeness (QED) is 0.492. The van der Waals surface area contributed by atoms with Crippen molar-refractivity contribution in [2.24, 2.45) is 5.10 Å².